The van der Waals surface area contributed by atoms with E-state index in [0.717, 1.165) is 6.08 Å². The Bertz CT molecular complexity index is 217. The van der Waals surface area contributed by atoms with E-state index in [1.165, 1.54) is 6.92 Å². The van der Waals surface area contributed by atoms with E-state index in [2.05, 4.69) is 11.5 Å². The maximum absolute atomic E-state index is 9.70. The lowest BCUT2D eigenvalue weighted by Gasteiger charge is -1.83. The van der Waals surface area contributed by atoms with Crippen molar-refractivity contribution in [3.8, 4) is 0 Å². The van der Waals surface area contributed by atoms with Crippen LogP contribution in [0.1, 0.15) is 6.92 Å². The van der Waals surface area contributed by atoms with Gasteiger partial charge in [-0.15, -0.1) is 0 Å². The molecule has 0 aromatic carbocycles. The monoisotopic (exact) mass is 190 g/mol. The predicted molar refractivity (Wildman–Crippen MR) is 42.9 cm³/mol. The summed E-state index contributed by atoms with van der Waals surface area (Å²) in [6.45, 7) is 4.30. The van der Waals surface area contributed by atoms with E-state index in [9.17, 15) is 9.59 Å². The first-order valence-electron chi connectivity index (χ1n) is 3.01. The maximum Gasteiger partial charge on any atom is 0.365 e. The van der Waals surface area contributed by atoms with Gasteiger partial charge in [-0.25, -0.2) is 9.59 Å². The van der Waals surface area contributed by atoms with Crippen molar-refractivity contribution in [3.63, 3.8) is 0 Å². The van der Waals surface area contributed by atoms with Crippen molar-refractivity contribution in [1.82, 2.24) is 0 Å². The van der Waals surface area contributed by atoms with Gasteiger partial charge < -0.3 is 10.2 Å². The lowest BCUT2D eigenvalue weighted by Crippen LogP contribution is -1.94. The first kappa shape index (κ1) is 13.7. The molecule has 74 valence electrons. The number of carbonyl (C=O) groups is 2. The number of rotatable bonds is 2. The van der Waals surface area contributed by atoms with E-state index in [4.69, 9.17) is 15.5 Å². The first-order valence-corrected chi connectivity index (χ1v) is 3.01. The molecule has 0 aliphatic heterocycles. The molecule has 13 heavy (non-hydrogen) atoms. The van der Waals surface area contributed by atoms with E-state index in [-0.39, 0.29) is 5.57 Å². The molecule has 0 aliphatic rings. The molecule has 0 bridgehead atoms. The number of carbonyl (C=O) groups excluding carboxylic acids is 1. The molecule has 3 N–H and O–H groups in total. The van der Waals surface area contributed by atoms with Gasteiger partial charge in [0.1, 0.15) is 0 Å². The van der Waals surface area contributed by atoms with Crippen LogP contribution in [0.2, 0.25) is 0 Å². The van der Waals surface area contributed by atoms with Gasteiger partial charge in [0.25, 0.3) is 0 Å². The van der Waals surface area contributed by atoms with Crippen molar-refractivity contribution in [1.29, 1.82) is 0 Å². The molecule has 0 unspecified atom stereocenters. The van der Waals surface area contributed by atoms with Crippen LogP contribution in [0.5, 0.6) is 0 Å². The van der Waals surface area contributed by atoms with Crippen molar-refractivity contribution < 1.29 is 29.9 Å². The Balaban J connectivity index is 0. The Morgan fingerprint density at radius 1 is 1.46 bits per heavy atom. The number of carboxylic acids is 1. The van der Waals surface area contributed by atoms with Crippen LogP contribution in [0.3, 0.4) is 0 Å². The molecular formula is C7H10O6. The molecule has 0 saturated carbocycles. The molecule has 0 heterocycles. The van der Waals surface area contributed by atoms with E-state index >= 15 is 0 Å². The summed E-state index contributed by atoms with van der Waals surface area (Å²) in [6, 6.07) is 0. The number of carboxylic acid groups (broad SMARTS) is 1. The Labute approximate surface area is 74.3 Å². The van der Waals surface area contributed by atoms with Gasteiger partial charge in [0.2, 0.25) is 0 Å². The molecule has 0 fully saturated rings. The smallest absolute Gasteiger partial charge is 0.365 e. The summed E-state index contributed by atoms with van der Waals surface area (Å²) >= 11 is 0. The van der Waals surface area contributed by atoms with Gasteiger partial charge >= 0.3 is 11.9 Å². The van der Waals surface area contributed by atoms with E-state index < -0.39 is 11.9 Å². The molecule has 0 aliphatic carbocycles. The normalized spacial score (nSPS) is 9.23. The van der Waals surface area contributed by atoms with Crippen molar-refractivity contribution in [2.24, 2.45) is 0 Å². The van der Waals surface area contributed by atoms with Crippen LogP contribution in [0.4, 0.5) is 0 Å². The van der Waals surface area contributed by atoms with Crippen LogP contribution in [-0.4, -0.2) is 27.4 Å². The fourth-order valence-electron chi connectivity index (χ4n) is 0.0925. The Hall–Kier alpha value is -1.82. The third-order valence-electron chi connectivity index (χ3n) is 0.788. The van der Waals surface area contributed by atoms with E-state index in [1.807, 2.05) is 0 Å². The summed E-state index contributed by atoms with van der Waals surface area (Å²) in [5, 5.41) is 23.3. The Morgan fingerprint density at radius 2 is 1.92 bits per heavy atom. The van der Waals surface area contributed by atoms with Crippen LogP contribution in [-0.2, 0) is 14.5 Å². The van der Waals surface area contributed by atoms with Crippen LogP contribution in [0.25, 0.3) is 0 Å². The van der Waals surface area contributed by atoms with Crippen LogP contribution < -0.4 is 0 Å². The number of aliphatic carboxylic acids is 1. The standard InChI is InChI=1S/C4H6O3.C3H4O3/c1-3(2-5)4(6)7;1-2-3(4)6-5/h2,5H,1H3,(H,6,7);2,5H,1H2. The molecule has 0 amide bonds. The second-order valence-corrected chi connectivity index (χ2v) is 1.73. The van der Waals surface area contributed by atoms with Gasteiger partial charge in [-0.3, -0.25) is 4.89 Å². The minimum Gasteiger partial charge on any atom is -0.515 e. The average molecular weight is 190 g/mol. The van der Waals surface area contributed by atoms with Gasteiger partial charge in [0.15, 0.2) is 0 Å². The Morgan fingerprint density at radius 3 is 1.92 bits per heavy atom. The minimum absolute atomic E-state index is 0.0556. The Kier molecular flexibility index (Phi) is 8.75. The highest BCUT2D eigenvalue weighted by Crippen LogP contribution is 1.86. The molecule has 0 spiro atoms. The molecule has 0 saturated heterocycles. The first-order chi connectivity index (χ1) is 5.99. The second-order valence-electron chi connectivity index (χ2n) is 1.73. The molecule has 6 heteroatoms. The largest absolute Gasteiger partial charge is 0.515 e. The molecule has 6 nitrogen and oxygen atoms in total. The number of aliphatic hydroxyl groups excluding tert-OH is 1. The van der Waals surface area contributed by atoms with E-state index in [1.54, 1.807) is 0 Å². The van der Waals surface area contributed by atoms with Gasteiger partial charge in [0, 0.05) is 6.08 Å². The van der Waals surface area contributed by atoms with Gasteiger partial charge in [0.05, 0.1) is 11.8 Å². The number of hydrogen-bond donors (Lipinski definition) is 3. The highest BCUT2D eigenvalue weighted by atomic mass is 17.1. The van der Waals surface area contributed by atoms with E-state index in [0.29, 0.717) is 6.26 Å². The van der Waals surface area contributed by atoms with Gasteiger partial charge in [-0.1, -0.05) is 6.58 Å². The second kappa shape index (κ2) is 8.28. The number of aliphatic hydroxyl groups is 1. The van der Waals surface area contributed by atoms with Gasteiger partial charge in [-0.05, 0) is 6.92 Å². The molecule has 0 aromatic heterocycles. The van der Waals surface area contributed by atoms with Crippen molar-refractivity contribution in [3.05, 3.63) is 24.5 Å². The SMILES string of the molecule is C=CC(=O)OO.CC(=CO)C(=O)O. The predicted octanol–water partition coefficient (Wildman–Crippen LogP) is 0.721. The lowest BCUT2D eigenvalue weighted by molar-refractivity contribution is -0.228. The highest BCUT2D eigenvalue weighted by molar-refractivity contribution is 5.85. The third kappa shape index (κ3) is 10.2. The van der Waals surface area contributed by atoms with Crippen LogP contribution in [0, 0.1) is 0 Å². The fourth-order valence-corrected chi connectivity index (χ4v) is 0.0925. The molecule has 0 atom stereocenters. The topological polar surface area (TPSA) is 104 Å². The number of hydrogen-bond acceptors (Lipinski definition) is 5. The summed E-state index contributed by atoms with van der Waals surface area (Å²) in [6.07, 6.45) is 1.42. The molecule has 0 rings (SSSR count). The van der Waals surface area contributed by atoms with Crippen LogP contribution >= 0.6 is 0 Å². The molecule has 0 radical (unpaired) electrons. The summed E-state index contributed by atoms with van der Waals surface area (Å²) in [4.78, 5) is 22.4. The quantitative estimate of drug-likeness (QED) is 0.256. The van der Waals surface area contributed by atoms with Crippen LogP contribution in [0.15, 0.2) is 24.5 Å². The van der Waals surface area contributed by atoms with Gasteiger partial charge in [-0.2, -0.15) is 5.26 Å². The van der Waals surface area contributed by atoms with Crippen molar-refractivity contribution in [2.45, 2.75) is 6.92 Å². The fraction of sp³-hybridized carbons (Fsp3) is 0.143. The lowest BCUT2D eigenvalue weighted by atomic mass is 10.4. The molecular weight excluding hydrogens is 180 g/mol. The zero-order chi connectivity index (χ0) is 10.9. The summed E-state index contributed by atoms with van der Waals surface area (Å²) in [7, 11) is 0. The van der Waals surface area contributed by atoms with Crippen molar-refractivity contribution in [2.75, 3.05) is 0 Å². The minimum atomic E-state index is -1.09. The maximum atomic E-state index is 9.70. The average Bonchev–Trinajstić information content (AvgIpc) is 2.16. The summed E-state index contributed by atoms with van der Waals surface area (Å²) in [5.74, 6) is -1.93. The summed E-state index contributed by atoms with van der Waals surface area (Å²) in [5.41, 5.74) is -0.0556. The molecule has 0 aromatic rings. The summed E-state index contributed by atoms with van der Waals surface area (Å²) < 4.78 is 0. The third-order valence-corrected chi connectivity index (χ3v) is 0.788. The van der Waals surface area contributed by atoms with Crippen molar-refractivity contribution >= 4 is 11.9 Å². The zero-order valence-corrected chi connectivity index (χ0v) is 6.93. The zero-order valence-electron chi connectivity index (χ0n) is 6.93. The highest BCUT2D eigenvalue weighted by Gasteiger charge is 1.95.